The fraction of sp³-hybridized carbons (Fsp3) is 0.188. The first-order valence-electron chi connectivity index (χ1n) is 6.62. The van der Waals surface area contributed by atoms with Crippen LogP contribution in [0.15, 0.2) is 30.3 Å². The number of carbonyl (C=O) groups excluding carboxylic acids is 1. The second kappa shape index (κ2) is 5.14. The van der Waals surface area contributed by atoms with Gasteiger partial charge in [-0.3, -0.25) is 4.79 Å². The number of benzene rings is 2. The van der Waals surface area contributed by atoms with Crippen molar-refractivity contribution < 1.29 is 29.6 Å². The quantitative estimate of drug-likeness (QED) is 0.738. The van der Waals surface area contributed by atoms with Crippen LogP contribution in [0.3, 0.4) is 0 Å². The predicted octanol–water partition coefficient (Wildman–Crippen LogP) is 2.52. The van der Waals surface area contributed by atoms with E-state index < -0.39 is 6.10 Å². The summed E-state index contributed by atoms with van der Waals surface area (Å²) in [4.78, 5) is 12.3. The van der Waals surface area contributed by atoms with E-state index in [1.807, 2.05) is 0 Å². The smallest absolute Gasteiger partial charge is 0.173 e. The first-order valence-corrected chi connectivity index (χ1v) is 6.62. The van der Waals surface area contributed by atoms with E-state index >= 15 is 0 Å². The summed E-state index contributed by atoms with van der Waals surface area (Å²) in [5.74, 6) is -0.280. The molecule has 6 nitrogen and oxygen atoms in total. The fourth-order valence-electron chi connectivity index (χ4n) is 2.46. The lowest BCUT2D eigenvalue weighted by atomic mass is 9.95. The maximum absolute atomic E-state index is 12.3. The number of phenolic OH excluding ortho intramolecular Hbond substituents is 3. The molecule has 0 spiro atoms. The normalized spacial score (nSPS) is 16.8. The molecule has 0 saturated carbocycles. The molecule has 1 heterocycles. The topological polar surface area (TPSA) is 96.2 Å². The number of ether oxygens (including phenoxy) is 2. The average Bonchev–Trinajstić information content (AvgIpc) is 2.49. The zero-order valence-corrected chi connectivity index (χ0v) is 11.7. The van der Waals surface area contributed by atoms with Gasteiger partial charge in [0, 0.05) is 6.07 Å². The number of carbonyl (C=O) groups is 1. The van der Waals surface area contributed by atoms with Crippen molar-refractivity contribution in [2.45, 2.75) is 12.5 Å². The predicted molar refractivity (Wildman–Crippen MR) is 76.7 cm³/mol. The summed E-state index contributed by atoms with van der Waals surface area (Å²) in [6.45, 7) is 0. The number of ketones is 1. The molecule has 3 rings (SSSR count). The van der Waals surface area contributed by atoms with Crippen molar-refractivity contribution >= 4 is 5.78 Å². The van der Waals surface area contributed by atoms with Gasteiger partial charge in [0.25, 0.3) is 0 Å². The Morgan fingerprint density at radius 2 is 1.91 bits per heavy atom. The minimum absolute atomic E-state index is 0.0593. The van der Waals surface area contributed by atoms with Gasteiger partial charge in [0.2, 0.25) is 0 Å². The van der Waals surface area contributed by atoms with Gasteiger partial charge in [0.05, 0.1) is 19.1 Å². The molecule has 0 bridgehead atoms. The lowest BCUT2D eigenvalue weighted by Gasteiger charge is -2.27. The van der Waals surface area contributed by atoms with Gasteiger partial charge >= 0.3 is 0 Å². The minimum atomic E-state index is -0.607. The van der Waals surface area contributed by atoms with Crippen molar-refractivity contribution in [3.8, 4) is 28.7 Å². The molecule has 0 fully saturated rings. The number of rotatable bonds is 2. The van der Waals surface area contributed by atoms with Crippen molar-refractivity contribution in [3.05, 3.63) is 41.5 Å². The van der Waals surface area contributed by atoms with Crippen molar-refractivity contribution in [3.63, 3.8) is 0 Å². The molecular weight excluding hydrogens is 288 g/mol. The van der Waals surface area contributed by atoms with E-state index in [0.717, 1.165) is 0 Å². The summed E-state index contributed by atoms with van der Waals surface area (Å²) >= 11 is 0. The van der Waals surface area contributed by atoms with E-state index in [2.05, 4.69) is 0 Å². The van der Waals surface area contributed by atoms with Crippen LogP contribution in [0.25, 0.3) is 0 Å². The lowest BCUT2D eigenvalue weighted by molar-refractivity contribution is 0.0841. The van der Waals surface area contributed by atoms with Crippen LogP contribution < -0.4 is 9.47 Å². The van der Waals surface area contributed by atoms with Gasteiger partial charge in [-0.25, -0.2) is 0 Å². The zero-order valence-electron chi connectivity index (χ0n) is 11.7. The molecule has 0 aliphatic carbocycles. The van der Waals surface area contributed by atoms with Crippen LogP contribution in [0.2, 0.25) is 0 Å². The average molecular weight is 302 g/mol. The second-order valence-corrected chi connectivity index (χ2v) is 5.01. The minimum Gasteiger partial charge on any atom is -0.508 e. The zero-order chi connectivity index (χ0) is 15.9. The monoisotopic (exact) mass is 302 g/mol. The number of phenols is 3. The number of fused-ring (bicyclic) bond motifs is 1. The molecular formula is C16H14O6. The molecule has 6 heteroatoms. The summed E-state index contributed by atoms with van der Waals surface area (Å²) in [7, 11) is 1.42. The molecule has 0 radical (unpaired) electrons. The van der Waals surface area contributed by atoms with Gasteiger partial charge in [0.15, 0.2) is 28.8 Å². The van der Waals surface area contributed by atoms with E-state index in [-0.39, 0.29) is 46.5 Å². The molecule has 1 aliphatic rings. The van der Waals surface area contributed by atoms with Crippen LogP contribution in [-0.2, 0) is 0 Å². The van der Waals surface area contributed by atoms with Crippen molar-refractivity contribution in [1.29, 1.82) is 0 Å². The molecule has 0 aromatic heterocycles. The van der Waals surface area contributed by atoms with Crippen LogP contribution in [0.5, 0.6) is 28.7 Å². The summed E-state index contributed by atoms with van der Waals surface area (Å²) in [6, 6.07) is 6.96. The van der Waals surface area contributed by atoms with Crippen LogP contribution in [0, 0.1) is 0 Å². The Morgan fingerprint density at radius 1 is 1.14 bits per heavy atom. The van der Waals surface area contributed by atoms with Crippen LogP contribution >= 0.6 is 0 Å². The maximum Gasteiger partial charge on any atom is 0.173 e. The molecule has 22 heavy (non-hydrogen) atoms. The van der Waals surface area contributed by atoms with Crippen molar-refractivity contribution in [2.75, 3.05) is 7.11 Å². The summed E-state index contributed by atoms with van der Waals surface area (Å²) in [6.07, 6.45) is -0.547. The number of hydrogen-bond donors (Lipinski definition) is 3. The first kappa shape index (κ1) is 14.1. The fourth-order valence-corrected chi connectivity index (χ4v) is 2.46. The Morgan fingerprint density at radius 3 is 2.59 bits per heavy atom. The standard InChI is InChI=1S/C16H14O6/c1-21-15-6-9(17)5-10-12(19)7-14(22-16(10)15)8-2-3-11(18)13(20)4-8/h2-6,14,17-18,20H,7H2,1H3/t14-/m1/s1. The van der Waals surface area contributed by atoms with Gasteiger partial charge in [-0.05, 0) is 23.8 Å². The van der Waals surface area contributed by atoms with E-state index in [4.69, 9.17) is 9.47 Å². The van der Waals surface area contributed by atoms with E-state index in [9.17, 15) is 20.1 Å². The van der Waals surface area contributed by atoms with Gasteiger partial charge < -0.3 is 24.8 Å². The molecule has 2 aromatic rings. The molecule has 3 N–H and O–H groups in total. The molecule has 1 aliphatic heterocycles. The highest BCUT2D eigenvalue weighted by atomic mass is 16.5. The van der Waals surface area contributed by atoms with E-state index in [1.54, 1.807) is 6.07 Å². The number of methoxy groups -OCH3 is 1. The highest BCUT2D eigenvalue weighted by Gasteiger charge is 2.31. The van der Waals surface area contributed by atoms with Crippen LogP contribution in [0.4, 0.5) is 0 Å². The highest BCUT2D eigenvalue weighted by Crippen LogP contribution is 2.44. The number of aromatic hydroxyl groups is 3. The van der Waals surface area contributed by atoms with Crippen molar-refractivity contribution in [1.82, 2.24) is 0 Å². The van der Waals surface area contributed by atoms with E-state index in [0.29, 0.717) is 5.56 Å². The summed E-state index contributed by atoms with van der Waals surface area (Å²) in [5.41, 5.74) is 0.820. The van der Waals surface area contributed by atoms with Crippen molar-refractivity contribution in [2.24, 2.45) is 0 Å². The number of Topliss-reactive ketones (excluding diaryl/α,β-unsaturated/α-hetero) is 1. The Bertz CT molecular complexity index is 753. The van der Waals surface area contributed by atoms with Crippen LogP contribution in [-0.4, -0.2) is 28.2 Å². The third kappa shape index (κ3) is 2.28. The highest BCUT2D eigenvalue weighted by molar-refractivity contribution is 6.01. The van der Waals surface area contributed by atoms with Gasteiger partial charge in [0.1, 0.15) is 11.9 Å². The summed E-state index contributed by atoms with van der Waals surface area (Å²) < 4.78 is 11.0. The first-order chi connectivity index (χ1) is 10.5. The molecule has 0 unspecified atom stereocenters. The number of hydrogen-bond acceptors (Lipinski definition) is 6. The van der Waals surface area contributed by atoms with Gasteiger partial charge in [-0.2, -0.15) is 0 Å². The van der Waals surface area contributed by atoms with Crippen LogP contribution in [0.1, 0.15) is 28.4 Å². The van der Waals surface area contributed by atoms with Gasteiger partial charge in [-0.1, -0.05) is 6.07 Å². The molecule has 114 valence electrons. The Hall–Kier alpha value is -2.89. The molecule has 0 saturated heterocycles. The third-order valence-electron chi connectivity index (χ3n) is 3.56. The Balaban J connectivity index is 2.03. The second-order valence-electron chi connectivity index (χ2n) is 5.01. The molecule has 2 aromatic carbocycles. The Kier molecular flexibility index (Phi) is 3.29. The largest absolute Gasteiger partial charge is 0.508 e. The van der Waals surface area contributed by atoms with Gasteiger partial charge in [-0.15, -0.1) is 0 Å². The molecule has 1 atom stereocenters. The maximum atomic E-state index is 12.3. The van der Waals surface area contributed by atoms with E-state index in [1.165, 1.54) is 31.4 Å². The third-order valence-corrected chi connectivity index (χ3v) is 3.56. The SMILES string of the molecule is COc1cc(O)cc2c1O[C@@H](c1ccc(O)c(O)c1)CC2=O. The molecule has 0 amide bonds. The Labute approximate surface area is 126 Å². The summed E-state index contributed by atoms with van der Waals surface area (Å²) in [5, 5.41) is 28.6. The lowest BCUT2D eigenvalue weighted by Crippen LogP contribution is -2.20.